The predicted octanol–water partition coefficient (Wildman–Crippen LogP) is 5.97. The molecule has 2 heterocycles. The summed E-state index contributed by atoms with van der Waals surface area (Å²) in [5, 5.41) is 1.44. The number of hydrogen-bond acceptors (Lipinski definition) is 3. The molecule has 1 aromatic carbocycles. The molecule has 7 heteroatoms. The fourth-order valence-electron chi connectivity index (χ4n) is 1.71. The van der Waals surface area contributed by atoms with E-state index < -0.39 is 0 Å². The lowest BCUT2D eigenvalue weighted by Crippen LogP contribution is -1.91. The van der Waals surface area contributed by atoms with Gasteiger partial charge in [0.2, 0.25) is 0 Å². The Hall–Kier alpha value is -0.580. The van der Waals surface area contributed by atoms with E-state index in [9.17, 15) is 0 Å². The van der Waals surface area contributed by atoms with Crippen LogP contribution in [0.25, 0.3) is 22.3 Å². The number of benzene rings is 1. The van der Waals surface area contributed by atoms with E-state index >= 15 is 0 Å². The van der Waals surface area contributed by atoms with E-state index in [4.69, 9.17) is 46.4 Å². The van der Waals surface area contributed by atoms with Crippen LogP contribution in [-0.2, 0) is 0 Å². The Morgan fingerprint density at radius 3 is 2.47 bits per heavy atom. The largest absolute Gasteiger partial charge is 0.228 e. The van der Waals surface area contributed by atoms with E-state index in [1.807, 2.05) is 6.07 Å². The number of fused-ring (bicyclic) bond motifs is 1. The zero-order valence-corrected chi connectivity index (χ0v) is 13.0. The Morgan fingerprint density at radius 2 is 1.79 bits per heavy atom. The van der Waals surface area contributed by atoms with Gasteiger partial charge < -0.3 is 0 Å². The molecule has 0 aliphatic heterocycles. The lowest BCUT2D eigenvalue weighted by atomic mass is 10.2. The van der Waals surface area contributed by atoms with Gasteiger partial charge in [-0.3, -0.25) is 0 Å². The third-order valence-electron chi connectivity index (χ3n) is 2.53. The van der Waals surface area contributed by atoms with Crippen molar-refractivity contribution in [2.75, 3.05) is 0 Å². The molecule has 3 rings (SSSR count). The number of aromatic nitrogens is 2. The first-order chi connectivity index (χ1) is 9.06. The smallest absolute Gasteiger partial charge is 0.163 e. The average molecular weight is 350 g/mol. The highest BCUT2D eigenvalue weighted by Crippen LogP contribution is 2.38. The van der Waals surface area contributed by atoms with Gasteiger partial charge in [0.1, 0.15) is 9.49 Å². The van der Waals surface area contributed by atoms with Gasteiger partial charge in [-0.2, -0.15) is 0 Å². The van der Waals surface area contributed by atoms with Crippen LogP contribution in [0.1, 0.15) is 0 Å². The molecule has 0 saturated heterocycles. The summed E-state index contributed by atoms with van der Waals surface area (Å²) in [6.07, 6.45) is 0. The monoisotopic (exact) mass is 348 g/mol. The van der Waals surface area contributed by atoms with Gasteiger partial charge in [-0.15, -0.1) is 11.3 Å². The van der Waals surface area contributed by atoms with Gasteiger partial charge in [-0.25, -0.2) is 9.97 Å². The minimum Gasteiger partial charge on any atom is -0.228 e. The number of thiophene rings is 1. The highest BCUT2D eigenvalue weighted by Gasteiger charge is 2.15. The van der Waals surface area contributed by atoms with Crippen LogP contribution in [0, 0.1) is 0 Å². The maximum Gasteiger partial charge on any atom is 0.163 e. The van der Waals surface area contributed by atoms with Crippen molar-refractivity contribution in [3.8, 4) is 11.4 Å². The van der Waals surface area contributed by atoms with Gasteiger partial charge >= 0.3 is 0 Å². The van der Waals surface area contributed by atoms with E-state index in [1.54, 1.807) is 18.2 Å². The number of nitrogens with zero attached hydrogens (tertiary/aromatic N) is 2. The summed E-state index contributed by atoms with van der Waals surface area (Å²) in [5.74, 6) is 0.438. The molecule has 0 saturated carbocycles. The highest BCUT2D eigenvalue weighted by molar-refractivity contribution is 7.20. The van der Waals surface area contributed by atoms with Crippen molar-refractivity contribution in [3.05, 3.63) is 43.1 Å². The van der Waals surface area contributed by atoms with Gasteiger partial charge in [0.05, 0.1) is 25.8 Å². The Labute approximate surface area is 132 Å². The van der Waals surface area contributed by atoms with Crippen molar-refractivity contribution in [1.29, 1.82) is 0 Å². The van der Waals surface area contributed by atoms with Crippen molar-refractivity contribution in [2.24, 2.45) is 0 Å². The SMILES string of the molecule is Clc1cc(-c2nc(Cl)c3c(Cl)cccc3n2)c(Cl)s1. The van der Waals surface area contributed by atoms with Crippen LogP contribution in [0.15, 0.2) is 24.3 Å². The second kappa shape index (κ2) is 5.08. The van der Waals surface area contributed by atoms with Crippen molar-refractivity contribution >= 4 is 68.6 Å². The molecule has 0 aliphatic carbocycles. The molecule has 0 fully saturated rings. The summed E-state index contributed by atoms with van der Waals surface area (Å²) in [7, 11) is 0. The van der Waals surface area contributed by atoms with Crippen LogP contribution in [0.2, 0.25) is 18.8 Å². The van der Waals surface area contributed by atoms with E-state index in [0.717, 1.165) is 0 Å². The van der Waals surface area contributed by atoms with Crippen molar-refractivity contribution in [1.82, 2.24) is 9.97 Å². The van der Waals surface area contributed by atoms with Crippen LogP contribution in [0.4, 0.5) is 0 Å². The van der Waals surface area contributed by atoms with Crippen LogP contribution in [0.3, 0.4) is 0 Å². The van der Waals surface area contributed by atoms with Crippen LogP contribution in [-0.4, -0.2) is 9.97 Å². The predicted molar refractivity (Wildman–Crippen MR) is 82.9 cm³/mol. The Bertz CT molecular complexity index is 785. The van der Waals surface area contributed by atoms with Crippen molar-refractivity contribution < 1.29 is 0 Å². The normalized spacial score (nSPS) is 11.2. The number of hydrogen-bond donors (Lipinski definition) is 0. The maximum absolute atomic E-state index is 6.17. The standard InChI is InChI=1S/C12H4Cl4N2S/c13-6-2-1-3-7-9(6)10(15)18-12(17-7)5-4-8(14)19-11(5)16/h1-4H. The summed E-state index contributed by atoms with van der Waals surface area (Å²) in [6, 6.07) is 7.09. The molecule has 0 amide bonds. The van der Waals surface area contributed by atoms with Crippen LogP contribution >= 0.6 is 57.7 Å². The lowest BCUT2D eigenvalue weighted by molar-refractivity contribution is 1.23. The molecule has 19 heavy (non-hydrogen) atoms. The van der Waals surface area contributed by atoms with Crippen LogP contribution in [0.5, 0.6) is 0 Å². The molecule has 0 radical (unpaired) electrons. The maximum atomic E-state index is 6.17. The highest BCUT2D eigenvalue weighted by atomic mass is 35.5. The molecule has 0 atom stereocenters. The molecule has 0 spiro atoms. The third kappa shape index (κ3) is 2.41. The molecule has 3 aromatic rings. The fraction of sp³-hybridized carbons (Fsp3) is 0. The molecule has 0 bridgehead atoms. The Balaban J connectivity index is 2.30. The zero-order valence-electron chi connectivity index (χ0n) is 9.12. The zero-order chi connectivity index (χ0) is 13.6. The second-order valence-electron chi connectivity index (χ2n) is 3.71. The first kappa shape index (κ1) is 13.4. The van der Waals surface area contributed by atoms with Crippen molar-refractivity contribution in [2.45, 2.75) is 0 Å². The third-order valence-corrected chi connectivity index (χ3v) is 4.60. The average Bonchev–Trinajstić information content (AvgIpc) is 2.68. The molecule has 0 N–H and O–H groups in total. The molecule has 2 aromatic heterocycles. The summed E-state index contributed by atoms with van der Waals surface area (Å²) in [5.41, 5.74) is 1.33. The Morgan fingerprint density at radius 1 is 1.00 bits per heavy atom. The summed E-state index contributed by atoms with van der Waals surface area (Å²) < 4.78 is 1.10. The quantitative estimate of drug-likeness (QED) is 0.505. The van der Waals surface area contributed by atoms with E-state index in [0.29, 0.717) is 41.1 Å². The first-order valence-electron chi connectivity index (χ1n) is 5.13. The van der Waals surface area contributed by atoms with Gasteiger partial charge in [0.15, 0.2) is 5.82 Å². The molecule has 0 unspecified atom stereocenters. The first-order valence-corrected chi connectivity index (χ1v) is 7.46. The van der Waals surface area contributed by atoms with Gasteiger partial charge in [0, 0.05) is 0 Å². The van der Waals surface area contributed by atoms with Gasteiger partial charge in [0.25, 0.3) is 0 Å². The van der Waals surface area contributed by atoms with E-state index in [1.165, 1.54) is 11.3 Å². The minimum atomic E-state index is 0.295. The van der Waals surface area contributed by atoms with Crippen LogP contribution < -0.4 is 0 Å². The second-order valence-corrected chi connectivity index (χ2v) is 6.76. The minimum absolute atomic E-state index is 0.295. The van der Waals surface area contributed by atoms with Crippen molar-refractivity contribution in [3.63, 3.8) is 0 Å². The summed E-state index contributed by atoms with van der Waals surface area (Å²) in [4.78, 5) is 8.66. The molecule has 2 nitrogen and oxygen atoms in total. The summed E-state index contributed by atoms with van der Waals surface area (Å²) >= 11 is 25.5. The van der Waals surface area contributed by atoms with Gasteiger partial charge in [-0.05, 0) is 18.2 Å². The molecular formula is C12H4Cl4N2S. The summed E-state index contributed by atoms with van der Waals surface area (Å²) in [6.45, 7) is 0. The fourth-order valence-corrected chi connectivity index (χ4v) is 3.75. The topological polar surface area (TPSA) is 25.8 Å². The molecule has 0 aliphatic rings. The number of rotatable bonds is 1. The molecular weight excluding hydrogens is 346 g/mol. The lowest BCUT2D eigenvalue weighted by Gasteiger charge is -2.04. The van der Waals surface area contributed by atoms with E-state index in [2.05, 4.69) is 9.97 Å². The number of halogens is 4. The molecule has 96 valence electrons. The van der Waals surface area contributed by atoms with E-state index in [-0.39, 0.29) is 0 Å². The Kier molecular flexibility index (Phi) is 3.58. The van der Waals surface area contributed by atoms with Gasteiger partial charge in [-0.1, -0.05) is 52.5 Å².